The first kappa shape index (κ1) is 24.5. The molecule has 1 fully saturated rings. The van der Waals surface area contributed by atoms with Crippen molar-refractivity contribution in [3.63, 3.8) is 0 Å². The van der Waals surface area contributed by atoms with Crippen LogP contribution in [0.4, 0.5) is 8.78 Å². The molecule has 174 valence electrons. The Kier molecular flexibility index (Phi) is 8.14. The Morgan fingerprint density at radius 1 is 1.22 bits per heavy atom. The SMILES string of the molecule is CC(C)c1cc(OC(F)F)cc(C2CC2)c1CC(=O)N=S(N)c1ccc(CN(C)C)cc1. The summed E-state index contributed by atoms with van der Waals surface area (Å²) in [6.07, 6.45) is 2.07. The molecule has 8 heteroatoms. The van der Waals surface area contributed by atoms with Crippen molar-refractivity contribution in [2.24, 2.45) is 9.50 Å². The van der Waals surface area contributed by atoms with Gasteiger partial charge in [-0.25, -0.2) is 0 Å². The van der Waals surface area contributed by atoms with Crippen LogP contribution in [0, 0.1) is 0 Å². The molecule has 2 N–H and O–H groups in total. The van der Waals surface area contributed by atoms with E-state index in [0.717, 1.165) is 46.5 Å². The quantitative estimate of drug-likeness (QED) is 0.558. The van der Waals surface area contributed by atoms with Crippen molar-refractivity contribution in [1.82, 2.24) is 4.90 Å². The number of hydrogen-bond donors (Lipinski definition) is 1. The van der Waals surface area contributed by atoms with Crippen molar-refractivity contribution >= 4 is 16.8 Å². The lowest BCUT2D eigenvalue weighted by atomic mass is 9.89. The molecule has 1 aliphatic carbocycles. The van der Waals surface area contributed by atoms with Crippen LogP contribution in [-0.2, 0) is 28.6 Å². The van der Waals surface area contributed by atoms with Gasteiger partial charge in [0, 0.05) is 22.3 Å². The van der Waals surface area contributed by atoms with Gasteiger partial charge in [-0.05, 0) is 85.3 Å². The van der Waals surface area contributed by atoms with E-state index in [2.05, 4.69) is 14.0 Å². The molecule has 0 radical (unpaired) electrons. The first-order chi connectivity index (χ1) is 15.1. The van der Waals surface area contributed by atoms with Crippen LogP contribution in [0.1, 0.15) is 60.8 Å². The Balaban J connectivity index is 1.84. The van der Waals surface area contributed by atoms with Gasteiger partial charge in [-0.3, -0.25) is 9.93 Å². The number of benzene rings is 2. The Morgan fingerprint density at radius 3 is 2.41 bits per heavy atom. The van der Waals surface area contributed by atoms with Crippen molar-refractivity contribution < 1.29 is 18.3 Å². The van der Waals surface area contributed by atoms with Crippen LogP contribution < -0.4 is 9.88 Å². The van der Waals surface area contributed by atoms with E-state index in [4.69, 9.17) is 5.14 Å². The van der Waals surface area contributed by atoms with Crippen LogP contribution in [0.25, 0.3) is 0 Å². The predicted octanol–water partition coefficient (Wildman–Crippen LogP) is 5.15. The highest BCUT2D eigenvalue weighted by molar-refractivity contribution is 7.85. The van der Waals surface area contributed by atoms with Crippen molar-refractivity contribution in [3.05, 3.63) is 58.7 Å². The average Bonchev–Trinajstić information content (AvgIpc) is 3.53. The van der Waals surface area contributed by atoms with Gasteiger partial charge in [0.15, 0.2) is 0 Å². The Labute approximate surface area is 191 Å². The fourth-order valence-electron chi connectivity index (χ4n) is 3.78. The van der Waals surface area contributed by atoms with Gasteiger partial charge < -0.3 is 9.64 Å². The van der Waals surface area contributed by atoms with Gasteiger partial charge in [-0.15, -0.1) is 0 Å². The van der Waals surface area contributed by atoms with Gasteiger partial charge in [0.1, 0.15) is 5.75 Å². The van der Waals surface area contributed by atoms with E-state index in [1.165, 1.54) is 0 Å². The molecule has 2 aromatic rings. The molecule has 1 unspecified atom stereocenters. The number of halogens is 2. The third-order valence-electron chi connectivity index (χ3n) is 5.35. The number of carbonyl (C=O) groups is 1. The van der Waals surface area contributed by atoms with E-state index in [-0.39, 0.29) is 29.9 Å². The zero-order chi connectivity index (χ0) is 23.4. The molecule has 1 aliphatic rings. The van der Waals surface area contributed by atoms with Gasteiger partial charge in [-0.2, -0.15) is 13.1 Å². The fraction of sp³-hybridized carbons (Fsp3) is 0.458. The number of carbonyl (C=O) groups excluding carboxylic acids is 1. The second-order valence-electron chi connectivity index (χ2n) is 8.75. The Hall–Kier alpha value is -2.16. The molecule has 0 saturated heterocycles. The highest BCUT2D eigenvalue weighted by atomic mass is 32.2. The summed E-state index contributed by atoms with van der Waals surface area (Å²) in [5.41, 5.74) is 3.79. The molecule has 5 nitrogen and oxygen atoms in total. The Bertz CT molecular complexity index is 964. The number of nitrogens with two attached hydrogens (primary N) is 1. The molecule has 1 saturated carbocycles. The minimum absolute atomic E-state index is 0.0527. The zero-order valence-electron chi connectivity index (χ0n) is 19.0. The summed E-state index contributed by atoms with van der Waals surface area (Å²) in [5, 5.41) is 6.21. The first-order valence-electron chi connectivity index (χ1n) is 10.7. The third-order valence-corrected chi connectivity index (χ3v) is 6.50. The van der Waals surface area contributed by atoms with Gasteiger partial charge in [0.05, 0.1) is 6.42 Å². The normalized spacial score (nSPS) is 15.1. The highest BCUT2D eigenvalue weighted by Gasteiger charge is 2.29. The minimum Gasteiger partial charge on any atom is -0.435 e. The number of alkyl halides is 2. The average molecular weight is 464 g/mol. The molecule has 0 aliphatic heterocycles. The van der Waals surface area contributed by atoms with E-state index in [1.54, 1.807) is 12.1 Å². The second-order valence-corrected chi connectivity index (χ2v) is 10.0. The molecular formula is C24H31F2N3O2S. The van der Waals surface area contributed by atoms with E-state index in [0.29, 0.717) is 0 Å². The molecule has 0 spiro atoms. The summed E-state index contributed by atoms with van der Waals surface area (Å²) in [6.45, 7) is 1.90. The van der Waals surface area contributed by atoms with E-state index >= 15 is 0 Å². The summed E-state index contributed by atoms with van der Waals surface area (Å²) < 4.78 is 34.5. The van der Waals surface area contributed by atoms with Crippen molar-refractivity contribution in [2.45, 2.75) is 63.0 Å². The third kappa shape index (κ3) is 6.67. The summed E-state index contributed by atoms with van der Waals surface area (Å²) in [7, 11) is 2.95. The Morgan fingerprint density at radius 2 is 1.88 bits per heavy atom. The number of hydrogen-bond acceptors (Lipinski definition) is 3. The molecule has 1 amide bonds. The maximum absolute atomic E-state index is 12.8. The lowest BCUT2D eigenvalue weighted by Gasteiger charge is -2.19. The number of amides is 1. The summed E-state index contributed by atoms with van der Waals surface area (Å²) in [4.78, 5) is 15.7. The summed E-state index contributed by atoms with van der Waals surface area (Å²) in [5.74, 6) is 0.170. The molecule has 3 rings (SSSR count). The summed E-state index contributed by atoms with van der Waals surface area (Å²) >= 11 is 0. The molecule has 2 aromatic carbocycles. The number of nitrogens with zero attached hydrogens (tertiary/aromatic N) is 2. The highest BCUT2D eigenvalue weighted by Crippen LogP contribution is 2.45. The van der Waals surface area contributed by atoms with Crippen LogP contribution >= 0.6 is 0 Å². The smallest absolute Gasteiger partial charge is 0.387 e. The molecule has 1 atom stereocenters. The standard InChI is InChI=1S/C24H31F2N3O2S/c1-15(2)20-11-18(31-24(25)26)12-21(17-7-8-17)22(20)13-23(30)28-32(27)19-9-5-16(6-10-19)14-29(3)4/h5-6,9-12,15,17,24H,7-8,13-14H2,1-4H3,(H2,27,28,30). The van der Waals surface area contributed by atoms with Crippen LogP contribution in [0.3, 0.4) is 0 Å². The molecule has 0 aromatic heterocycles. The molecule has 0 bridgehead atoms. The van der Waals surface area contributed by atoms with E-state index in [9.17, 15) is 13.6 Å². The minimum atomic E-state index is -2.88. The second kappa shape index (κ2) is 10.6. The number of ether oxygens (including phenoxy) is 1. The lowest BCUT2D eigenvalue weighted by molar-refractivity contribution is -0.117. The van der Waals surface area contributed by atoms with E-state index in [1.807, 2.05) is 52.2 Å². The molecule has 0 heterocycles. The zero-order valence-corrected chi connectivity index (χ0v) is 19.8. The van der Waals surface area contributed by atoms with Crippen LogP contribution in [-0.4, -0.2) is 31.5 Å². The van der Waals surface area contributed by atoms with Gasteiger partial charge in [0.25, 0.3) is 5.91 Å². The monoisotopic (exact) mass is 463 g/mol. The van der Waals surface area contributed by atoms with Crippen molar-refractivity contribution in [2.75, 3.05) is 14.1 Å². The number of rotatable bonds is 9. The fourth-order valence-corrected chi connectivity index (χ4v) is 4.59. The largest absolute Gasteiger partial charge is 0.435 e. The van der Waals surface area contributed by atoms with Crippen molar-refractivity contribution in [1.29, 1.82) is 0 Å². The van der Waals surface area contributed by atoms with Crippen LogP contribution in [0.15, 0.2) is 45.7 Å². The van der Waals surface area contributed by atoms with Gasteiger partial charge >= 0.3 is 6.61 Å². The van der Waals surface area contributed by atoms with Crippen LogP contribution in [0.2, 0.25) is 0 Å². The lowest BCUT2D eigenvalue weighted by Crippen LogP contribution is -2.13. The van der Waals surface area contributed by atoms with E-state index < -0.39 is 17.5 Å². The predicted molar refractivity (Wildman–Crippen MR) is 124 cm³/mol. The maximum atomic E-state index is 12.8. The summed E-state index contributed by atoms with van der Waals surface area (Å²) in [6, 6.07) is 11.1. The van der Waals surface area contributed by atoms with Crippen LogP contribution in [0.5, 0.6) is 5.75 Å². The van der Waals surface area contributed by atoms with Gasteiger partial charge in [0.2, 0.25) is 0 Å². The van der Waals surface area contributed by atoms with Crippen molar-refractivity contribution in [3.8, 4) is 5.75 Å². The molecule has 32 heavy (non-hydrogen) atoms. The first-order valence-corrected chi connectivity index (χ1v) is 12.0. The van der Waals surface area contributed by atoms with Gasteiger partial charge in [-0.1, -0.05) is 26.0 Å². The molecular weight excluding hydrogens is 432 g/mol. The maximum Gasteiger partial charge on any atom is 0.387 e. The topological polar surface area (TPSA) is 67.9 Å².